The number of rotatable bonds is 5. The van der Waals surface area contributed by atoms with Crippen LogP contribution in [0.5, 0.6) is 0 Å². The number of nitrogens with zero attached hydrogens (tertiary/aromatic N) is 4. The van der Waals surface area contributed by atoms with E-state index in [0.29, 0.717) is 5.16 Å². The van der Waals surface area contributed by atoms with Crippen molar-refractivity contribution >= 4 is 29.6 Å². The summed E-state index contributed by atoms with van der Waals surface area (Å²) < 4.78 is 1.98. The van der Waals surface area contributed by atoms with Crippen molar-refractivity contribution in [3.8, 4) is 5.69 Å². The van der Waals surface area contributed by atoms with E-state index in [1.54, 1.807) is 6.92 Å². The zero-order valence-corrected chi connectivity index (χ0v) is 16.3. The summed E-state index contributed by atoms with van der Waals surface area (Å²) in [7, 11) is 0. The SMILES string of the molecule is Cc1ccc(-n2c(S[C@H](C)C(=O)NC(N)=O)nnc2N2CCCCC2)cc1. The van der Waals surface area contributed by atoms with Crippen molar-refractivity contribution in [1.29, 1.82) is 0 Å². The normalized spacial score (nSPS) is 15.4. The van der Waals surface area contributed by atoms with Gasteiger partial charge in [0.05, 0.1) is 10.9 Å². The number of nitrogens with two attached hydrogens (primary N) is 1. The molecule has 0 unspecified atom stereocenters. The van der Waals surface area contributed by atoms with Gasteiger partial charge in [0, 0.05) is 13.1 Å². The number of nitrogens with one attached hydrogen (secondary N) is 1. The lowest BCUT2D eigenvalue weighted by molar-refractivity contribution is -0.119. The highest BCUT2D eigenvalue weighted by molar-refractivity contribution is 8.00. The molecule has 0 radical (unpaired) electrons. The smallest absolute Gasteiger partial charge is 0.318 e. The maximum Gasteiger partial charge on any atom is 0.318 e. The van der Waals surface area contributed by atoms with Crippen LogP contribution < -0.4 is 16.0 Å². The minimum Gasteiger partial charge on any atom is -0.351 e. The van der Waals surface area contributed by atoms with Gasteiger partial charge in [0.1, 0.15) is 0 Å². The number of primary amides is 1. The van der Waals surface area contributed by atoms with E-state index in [1.165, 1.54) is 18.2 Å². The number of aromatic nitrogens is 3. The molecule has 3 N–H and O–H groups in total. The van der Waals surface area contributed by atoms with Crippen molar-refractivity contribution < 1.29 is 9.59 Å². The Morgan fingerprint density at radius 1 is 1.15 bits per heavy atom. The van der Waals surface area contributed by atoms with Gasteiger partial charge in [-0.1, -0.05) is 29.5 Å². The van der Waals surface area contributed by atoms with Crippen LogP contribution >= 0.6 is 11.8 Å². The second-order valence-electron chi connectivity index (χ2n) is 6.61. The Morgan fingerprint density at radius 2 is 1.81 bits per heavy atom. The van der Waals surface area contributed by atoms with E-state index in [4.69, 9.17) is 5.73 Å². The maximum absolute atomic E-state index is 12.1. The van der Waals surface area contributed by atoms with Crippen LogP contribution in [0.4, 0.5) is 10.7 Å². The van der Waals surface area contributed by atoms with Crippen LogP contribution in [-0.4, -0.2) is 45.0 Å². The Balaban J connectivity index is 1.93. The fraction of sp³-hybridized carbons (Fsp3) is 0.444. The number of amides is 3. The summed E-state index contributed by atoms with van der Waals surface area (Å²) in [6, 6.07) is 7.25. The minimum atomic E-state index is -0.860. The molecule has 3 amide bonds. The third-order valence-corrected chi connectivity index (χ3v) is 5.49. The highest BCUT2D eigenvalue weighted by atomic mass is 32.2. The fourth-order valence-corrected chi connectivity index (χ4v) is 3.85. The number of carbonyl (C=O) groups excluding carboxylic acids is 2. The van der Waals surface area contributed by atoms with Crippen molar-refractivity contribution in [2.45, 2.75) is 43.5 Å². The molecule has 1 fully saturated rings. The van der Waals surface area contributed by atoms with E-state index in [-0.39, 0.29) is 0 Å². The van der Waals surface area contributed by atoms with Crippen LogP contribution in [0.2, 0.25) is 0 Å². The lowest BCUT2D eigenvalue weighted by Gasteiger charge is -2.28. The first kappa shape index (κ1) is 19.2. The lowest BCUT2D eigenvalue weighted by atomic mass is 10.1. The molecule has 3 rings (SSSR count). The van der Waals surface area contributed by atoms with Crippen LogP contribution in [0, 0.1) is 6.92 Å². The van der Waals surface area contributed by atoms with Crippen LogP contribution in [0.1, 0.15) is 31.7 Å². The average Bonchev–Trinajstić information content (AvgIpc) is 3.06. The topological polar surface area (TPSA) is 106 Å². The Bertz CT molecular complexity index is 814. The highest BCUT2D eigenvalue weighted by Crippen LogP contribution is 2.30. The lowest BCUT2D eigenvalue weighted by Crippen LogP contribution is -2.39. The van der Waals surface area contributed by atoms with E-state index < -0.39 is 17.2 Å². The molecule has 8 nitrogen and oxygen atoms in total. The molecule has 1 aliphatic rings. The molecule has 0 aliphatic carbocycles. The number of benzene rings is 1. The molecule has 9 heteroatoms. The molecule has 0 saturated carbocycles. The van der Waals surface area contributed by atoms with Gasteiger partial charge < -0.3 is 10.6 Å². The summed E-state index contributed by atoms with van der Waals surface area (Å²) in [5.74, 6) is 0.328. The van der Waals surface area contributed by atoms with Gasteiger partial charge in [-0.3, -0.25) is 14.7 Å². The van der Waals surface area contributed by atoms with Crippen molar-refractivity contribution in [3.63, 3.8) is 0 Å². The first-order valence-corrected chi connectivity index (χ1v) is 9.88. The molecule has 27 heavy (non-hydrogen) atoms. The number of urea groups is 1. The largest absolute Gasteiger partial charge is 0.351 e. The molecule has 0 bridgehead atoms. The molecular formula is C18H24N6O2S. The summed E-state index contributed by atoms with van der Waals surface area (Å²) in [6.07, 6.45) is 3.47. The molecule has 1 atom stereocenters. The molecule has 2 heterocycles. The summed E-state index contributed by atoms with van der Waals surface area (Å²) in [6.45, 7) is 5.61. The summed E-state index contributed by atoms with van der Waals surface area (Å²) in [5, 5.41) is 10.9. The van der Waals surface area contributed by atoms with Crippen LogP contribution in [0.25, 0.3) is 5.69 Å². The van der Waals surface area contributed by atoms with Gasteiger partial charge in [-0.2, -0.15) is 0 Å². The van der Waals surface area contributed by atoms with E-state index in [9.17, 15) is 9.59 Å². The zero-order valence-electron chi connectivity index (χ0n) is 15.5. The van der Waals surface area contributed by atoms with Gasteiger partial charge in [0.25, 0.3) is 0 Å². The second-order valence-corrected chi connectivity index (χ2v) is 7.92. The van der Waals surface area contributed by atoms with Gasteiger partial charge in [-0.25, -0.2) is 4.79 Å². The Kier molecular flexibility index (Phi) is 6.00. The molecule has 1 saturated heterocycles. The highest BCUT2D eigenvalue weighted by Gasteiger charge is 2.25. The number of anilines is 1. The first-order chi connectivity index (χ1) is 13.0. The van der Waals surface area contributed by atoms with E-state index in [1.807, 2.05) is 35.8 Å². The van der Waals surface area contributed by atoms with Gasteiger partial charge >= 0.3 is 6.03 Å². The third kappa shape index (κ3) is 4.60. The third-order valence-electron chi connectivity index (χ3n) is 4.45. The van der Waals surface area contributed by atoms with Crippen LogP contribution in [0.15, 0.2) is 29.4 Å². The Labute approximate surface area is 162 Å². The minimum absolute atomic E-state index is 0.453. The molecule has 1 aliphatic heterocycles. The number of carbonyl (C=O) groups is 2. The Morgan fingerprint density at radius 3 is 2.44 bits per heavy atom. The molecule has 2 aromatic rings. The number of piperidine rings is 1. The number of hydrogen-bond acceptors (Lipinski definition) is 6. The van der Waals surface area contributed by atoms with Crippen LogP contribution in [-0.2, 0) is 4.79 Å². The van der Waals surface area contributed by atoms with E-state index in [0.717, 1.165) is 43.1 Å². The van der Waals surface area contributed by atoms with Crippen molar-refractivity contribution in [2.24, 2.45) is 5.73 Å². The second kappa shape index (κ2) is 8.43. The van der Waals surface area contributed by atoms with Crippen molar-refractivity contribution in [3.05, 3.63) is 29.8 Å². The van der Waals surface area contributed by atoms with Crippen molar-refractivity contribution in [2.75, 3.05) is 18.0 Å². The number of imide groups is 1. The quantitative estimate of drug-likeness (QED) is 0.761. The predicted molar refractivity (Wildman–Crippen MR) is 105 cm³/mol. The monoisotopic (exact) mass is 388 g/mol. The fourth-order valence-electron chi connectivity index (χ4n) is 2.99. The number of aryl methyl sites for hydroxylation is 1. The molecule has 144 valence electrons. The summed E-state index contributed by atoms with van der Waals surface area (Å²) >= 11 is 1.25. The Hall–Kier alpha value is -2.55. The van der Waals surface area contributed by atoms with E-state index in [2.05, 4.69) is 20.4 Å². The summed E-state index contributed by atoms with van der Waals surface area (Å²) in [4.78, 5) is 25.2. The summed E-state index contributed by atoms with van der Waals surface area (Å²) in [5.41, 5.74) is 7.14. The maximum atomic E-state index is 12.1. The van der Waals surface area contributed by atoms with Gasteiger partial charge in [0.15, 0.2) is 5.16 Å². The first-order valence-electron chi connectivity index (χ1n) is 9.00. The predicted octanol–water partition coefficient (Wildman–Crippen LogP) is 2.24. The number of thioether (sulfide) groups is 1. The average molecular weight is 388 g/mol. The van der Waals surface area contributed by atoms with Crippen LogP contribution in [0.3, 0.4) is 0 Å². The van der Waals surface area contributed by atoms with Gasteiger partial charge in [0.2, 0.25) is 11.9 Å². The number of hydrogen-bond donors (Lipinski definition) is 2. The standard InChI is InChI=1S/C18H24N6O2S/c1-12-6-8-14(9-7-12)24-17(23-10-4-3-5-11-23)21-22-18(24)27-13(2)15(25)20-16(19)26/h6-9,13H,3-5,10-11H2,1-2H3,(H3,19,20,25,26)/t13-/m1/s1. The van der Waals surface area contributed by atoms with Gasteiger partial charge in [-0.05, 0) is 45.2 Å². The molecule has 1 aromatic carbocycles. The van der Waals surface area contributed by atoms with E-state index >= 15 is 0 Å². The van der Waals surface area contributed by atoms with Gasteiger partial charge in [-0.15, -0.1) is 10.2 Å². The van der Waals surface area contributed by atoms with Crippen molar-refractivity contribution in [1.82, 2.24) is 20.1 Å². The zero-order chi connectivity index (χ0) is 19.4. The molecule has 0 spiro atoms. The molecular weight excluding hydrogens is 364 g/mol. The molecule has 1 aromatic heterocycles.